The van der Waals surface area contributed by atoms with Crippen molar-refractivity contribution in [3.8, 4) is 10.6 Å². The summed E-state index contributed by atoms with van der Waals surface area (Å²) in [6, 6.07) is 9.72. The zero-order valence-electron chi connectivity index (χ0n) is 15.8. The van der Waals surface area contributed by atoms with Crippen molar-refractivity contribution in [2.75, 3.05) is 11.9 Å². The molecule has 0 unspecified atom stereocenters. The third-order valence-electron chi connectivity index (χ3n) is 4.39. The molecule has 0 aliphatic heterocycles. The summed E-state index contributed by atoms with van der Waals surface area (Å²) >= 11 is 3.09. The molecule has 2 aromatic heterocycles. The summed E-state index contributed by atoms with van der Waals surface area (Å²) in [5.74, 6) is -0.344. The van der Waals surface area contributed by atoms with Gasteiger partial charge in [0.05, 0.1) is 12.1 Å². The monoisotopic (exact) mass is 414 g/mol. The molecule has 3 rings (SSSR count). The van der Waals surface area contributed by atoms with Crippen molar-refractivity contribution < 1.29 is 14.3 Å². The van der Waals surface area contributed by atoms with Crippen LogP contribution in [-0.4, -0.2) is 23.5 Å². The first-order chi connectivity index (χ1) is 13.5. The molecular formula is C21H22N2O3S2. The number of ether oxygens (including phenoxy) is 1. The van der Waals surface area contributed by atoms with E-state index in [-0.39, 0.29) is 18.9 Å². The van der Waals surface area contributed by atoms with Crippen LogP contribution in [0.2, 0.25) is 0 Å². The first-order valence-electron chi connectivity index (χ1n) is 9.07. The maximum Gasteiger partial charge on any atom is 0.312 e. The topological polar surface area (TPSA) is 68.3 Å². The number of esters is 1. The number of hydrogen-bond donors (Lipinski definition) is 1. The summed E-state index contributed by atoms with van der Waals surface area (Å²) in [5.41, 5.74) is 3.62. The molecule has 1 aromatic carbocycles. The highest BCUT2D eigenvalue weighted by molar-refractivity contribution is 7.14. The van der Waals surface area contributed by atoms with Gasteiger partial charge in [-0.15, -0.1) is 11.3 Å². The van der Waals surface area contributed by atoms with Gasteiger partial charge in [0, 0.05) is 22.0 Å². The zero-order valence-corrected chi connectivity index (χ0v) is 17.4. The van der Waals surface area contributed by atoms with Crippen LogP contribution in [0.3, 0.4) is 0 Å². The van der Waals surface area contributed by atoms with Crippen LogP contribution in [0.5, 0.6) is 0 Å². The Morgan fingerprint density at radius 1 is 1.18 bits per heavy atom. The fourth-order valence-electron chi connectivity index (χ4n) is 2.58. The second-order valence-corrected chi connectivity index (χ2v) is 8.11. The molecule has 146 valence electrons. The van der Waals surface area contributed by atoms with E-state index in [9.17, 15) is 9.59 Å². The first kappa shape index (κ1) is 20.2. The summed E-state index contributed by atoms with van der Waals surface area (Å²) in [5, 5.41) is 9.46. The Morgan fingerprint density at radius 2 is 1.96 bits per heavy atom. The van der Waals surface area contributed by atoms with Gasteiger partial charge in [-0.2, -0.15) is 11.3 Å². The number of nitrogens with zero attached hydrogens (tertiary/aromatic N) is 1. The Morgan fingerprint density at radius 3 is 2.64 bits per heavy atom. The number of thiazole rings is 1. The molecule has 5 nitrogen and oxygen atoms in total. The Labute approximate surface area is 172 Å². The number of carbonyl (C=O) groups excluding carboxylic acids is 2. The van der Waals surface area contributed by atoms with Gasteiger partial charge >= 0.3 is 5.97 Å². The van der Waals surface area contributed by atoms with Crippen LogP contribution in [0.1, 0.15) is 37.4 Å². The minimum absolute atomic E-state index is 0.0531. The van der Waals surface area contributed by atoms with E-state index in [0.29, 0.717) is 17.3 Å². The number of anilines is 1. The molecule has 1 amide bonds. The molecule has 0 spiro atoms. The van der Waals surface area contributed by atoms with Crippen molar-refractivity contribution >= 4 is 40.2 Å². The van der Waals surface area contributed by atoms with Crippen LogP contribution >= 0.6 is 22.7 Å². The predicted octanol–water partition coefficient (Wildman–Crippen LogP) is 5.11. The second kappa shape index (κ2) is 9.61. The average Bonchev–Trinajstić information content (AvgIpc) is 3.38. The number of benzene rings is 1. The van der Waals surface area contributed by atoms with Crippen molar-refractivity contribution in [1.82, 2.24) is 4.98 Å². The number of thiophene rings is 1. The maximum absolute atomic E-state index is 12.0. The quantitative estimate of drug-likeness (QED) is 0.520. The lowest BCUT2D eigenvalue weighted by Crippen LogP contribution is -2.21. The van der Waals surface area contributed by atoms with Crippen molar-refractivity contribution in [3.63, 3.8) is 0 Å². The molecule has 0 aliphatic carbocycles. The van der Waals surface area contributed by atoms with Crippen LogP contribution in [0.25, 0.3) is 10.6 Å². The Hall–Kier alpha value is -2.51. The summed E-state index contributed by atoms with van der Waals surface area (Å²) in [6.07, 6.45) is 1.12. The minimum Gasteiger partial charge on any atom is -0.455 e. The largest absolute Gasteiger partial charge is 0.455 e. The van der Waals surface area contributed by atoms with E-state index in [1.807, 2.05) is 46.5 Å². The Bertz CT molecular complexity index is 918. The Kier molecular flexibility index (Phi) is 6.95. The molecule has 0 radical (unpaired) electrons. The lowest BCUT2D eigenvalue weighted by Gasteiger charge is -2.10. The summed E-state index contributed by atoms with van der Waals surface area (Å²) < 4.78 is 5.07. The lowest BCUT2D eigenvalue weighted by atomic mass is 9.99. The standard InChI is InChI=1S/C21H22N2O3S2/c1-3-14(2)15-4-6-17(7-5-15)22-19(24)11-26-20(25)10-18-13-28-21(23-18)16-8-9-27-12-16/h4-9,12-14H,3,10-11H2,1-2H3,(H,22,24)/t14-/m0/s1. The number of amides is 1. The van der Waals surface area contributed by atoms with Gasteiger partial charge in [0.25, 0.3) is 5.91 Å². The van der Waals surface area contributed by atoms with Crippen LogP contribution in [0, 0.1) is 0 Å². The summed E-state index contributed by atoms with van der Waals surface area (Å²) in [4.78, 5) is 28.4. The van der Waals surface area contributed by atoms with Crippen molar-refractivity contribution in [2.24, 2.45) is 0 Å². The van der Waals surface area contributed by atoms with E-state index in [0.717, 1.165) is 17.0 Å². The fourth-order valence-corrected chi connectivity index (χ4v) is 4.11. The molecule has 0 aliphatic rings. The molecule has 0 fully saturated rings. The van der Waals surface area contributed by atoms with Crippen LogP contribution in [-0.2, 0) is 20.7 Å². The van der Waals surface area contributed by atoms with Gasteiger partial charge in [-0.1, -0.05) is 26.0 Å². The van der Waals surface area contributed by atoms with E-state index in [4.69, 9.17) is 4.74 Å². The molecule has 28 heavy (non-hydrogen) atoms. The molecule has 0 bridgehead atoms. The van der Waals surface area contributed by atoms with E-state index in [1.165, 1.54) is 16.9 Å². The van der Waals surface area contributed by atoms with Gasteiger partial charge in [-0.25, -0.2) is 4.98 Å². The lowest BCUT2D eigenvalue weighted by molar-refractivity contribution is -0.146. The Balaban J connectivity index is 1.44. The van der Waals surface area contributed by atoms with Crippen molar-refractivity contribution in [3.05, 3.63) is 57.7 Å². The molecular weight excluding hydrogens is 392 g/mol. The van der Waals surface area contributed by atoms with Gasteiger partial charge in [0.15, 0.2) is 6.61 Å². The normalized spacial score (nSPS) is 11.8. The third kappa shape index (κ3) is 5.50. The van der Waals surface area contributed by atoms with E-state index in [1.54, 1.807) is 11.3 Å². The van der Waals surface area contributed by atoms with E-state index >= 15 is 0 Å². The van der Waals surface area contributed by atoms with Crippen LogP contribution in [0.15, 0.2) is 46.5 Å². The second-order valence-electron chi connectivity index (χ2n) is 6.47. The molecule has 2 heterocycles. The fraction of sp³-hybridized carbons (Fsp3) is 0.286. The smallest absolute Gasteiger partial charge is 0.312 e. The highest BCUT2D eigenvalue weighted by Gasteiger charge is 2.12. The van der Waals surface area contributed by atoms with Gasteiger partial charge in [0.2, 0.25) is 0 Å². The summed E-state index contributed by atoms with van der Waals surface area (Å²) in [7, 11) is 0. The number of aromatic nitrogens is 1. The van der Waals surface area contributed by atoms with Gasteiger partial charge < -0.3 is 10.1 Å². The number of carbonyl (C=O) groups is 2. The third-order valence-corrected chi connectivity index (χ3v) is 6.01. The molecule has 0 saturated carbocycles. The molecule has 0 saturated heterocycles. The molecule has 7 heteroatoms. The number of hydrogen-bond acceptors (Lipinski definition) is 6. The minimum atomic E-state index is -0.468. The highest BCUT2D eigenvalue weighted by atomic mass is 32.1. The molecule has 1 N–H and O–H groups in total. The molecule has 1 atom stereocenters. The predicted molar refractivity (Wildman–Crippen MR) is 114 cm³/mol. The zero-order chi connectivity index (χ0) is 19.9. The van der Waals surface area contributed by atoms with Gasteiger partial charge in [-0.05, 0) is 41.5 Å². The number of nitrogens with one attached hydrogen (secondary N) is 1. The SMILES string of the molecule is CC[C@H](C)c1ccc(NC(=O)COC(=O)Cc2csc(-c3ccsc3)n2)cc1. The average molecular weight is 415 g/mol. The van der Waals surface area contributed by atoms with Gasteiger partial charge in [-0.3, -0.25) is 9.59 Å². The van der Waals surface area contributed by atoms with Crippen LogP contribution < -0.4 is 5.32 Å². The molecule has 3 aromatic rings. The highest BCUT2D eigenvalue weighted by Crippen LogP contribution is 2.26. The van der Waals surface area contributed by atoms with Gasteiger partial charge in [0.1, 0.15) is 5.01 Å². The first-order valence-corrected chi connectivity index (χ1v) is 10.9. The van der Waals surface area contributed by atoms with Crippen molar-refractivity contribution in [1.29, 1.82) is 0 Å². The maximum atomic E-state index is 12.0. The number of rotatable bonds is 8. The summed E-state index contributed by atoms with van der Waals surface area (Å²) in [6.45, 7) is 4.00. The van der Waals surface area contributed by atoms with E-state index in [2.05, 4.69) is 24.1 Å². The van der Waals surface area contributed by atoms with Crippen molar-refractivity contribution in [2.45, 2.75) is 32.6 Å². The van der Waals surface area contributed by atoms with E-state index < -0.39 is 5.97 Å². The van der Waals surface area contributed by atoms with Crippen LogP contribution in [0.4, 0.5) is 5.69 Å².